The molecule has 5 nitrogen and oxygen atoms in total. The first-order valence-corrected chi connectivity index (χ1v) is 6.32. The molecule has 106 valence electrons. The molecule has 0 bridgehead atoms. The number of halogens is 1. The number of anilines is 1. The Morgan fingerprint density at radius 3 is 2.67 bits per heavy atom. The van der Waals surface area contributed by atoms with Crippen LogP contribution in [-0.4, -0.2) is 15.9 Å². The Labute approximate surface area is 118 Å². The number of fused-ring (bicyclic) bond motifs is 1. The number of aromatic amines is 2. The van der Waals surface area contributed by atoms with Gasteiger partial charge in [-0.3, -0.25) is 4.79 Å². The minimum absolute atomic E-state index is 0.0161. The number of nitrogens with one attached hydrogen (secondary N) is 3. The summed E-state index contributed by atoms with van der Waals surface area (Å²) >= 11 is 0. The van der Waals surface area contributed by atoms with E-state index in [0.29, 0.717) is 16.7 Å². The first kappa shape index (κ1) is 13.1. The lowest BCUT2D eigenvalue weighted by atomic mass is 10.1. The molecule has 21 heavy (non-hydrogen) atoms. The van der Waals surface area contributed by atoms with Crippen molar-refractivity contribution in [2.75, 3.05) is 5.32 Å². The number of aryl methyl sites for hydroxylation is 1. The zero-order chi connectivity index (χ0) is 15.0. The van der Waals surface area contributed by atoms with Gasteiger partial charge >= 0.3 is 5.69 Å². The number of amides is 1. The van der Waals surface area contributed by atoms with Gasteiger partial charge in [0.05, 0.1) is 16.6 Å². The molecule has 0 fully saturated rings. The maximum absolute atomic E-state index is 13.7. The van der Waals surface area contributed by atoms with Gasteiger partial charge in [-0.1, -0.05) is 11.6 Å². The van der Waals surface area contributed by atoms with E-state index in [1.807, 2.05) is 0 Å². The highest BCUT2D eigenvalue weighted by Crippen LogP contribution is 2.17. The number of hydrogen-bond acceptors (Lipinski definition) is 2. The highest BCUT2D eigenvalue weighted by molar-refractivity contribution is 6.05. The summed E-state index contributed by atoms with van der Waals surface area (Å²) in [7, 11) is 0. The number of benzene rings is 2. The molecule has 3 rings (SSSR count). The van der Waals surface area contributed by atoms with Gasteiger partial charge < -0.3 is 15.3 Å². The van der Waals surface area contributed by atoms with E-state index in [2.05, 4.69) is 15.3 Å². The van der Waals surface area contributed by atoms with Gasteiger partial charge in [0.15, 0.2) is 0 Å². The van der Waals surface area contributed by atoms with Crippen molar-refractivity contribution in [3.8, 4) is 0 Å². The molecule has 2 aromatic carbocycles. The number of imidazole rings is 1. The van der Waals surface area contributed by atoms with E-state index >= 15 is 0 Å². The van der Waals surface area contributed by atoms with Crippen molar-refractivity contribution in [1.82, 2.24) is 9.97 Å². The Kier molecular flexibility index (Phi) is 3.06. The summed E-state index contributed by atoms with van der Waals surface area (Å²) in [5.41, 5.74) is 2.15. The standard InChI is InChI=1S/C15H12FN3O2/c1-8-2-4-11(16)10(6-8)14(20)17-9-3-5-12-13(7-9)19-15(21)18-12/h2-7H,1H3,(H,17,20)(H2,18,19,21). The minimum atomic E-state index is -0.575. The molecule has 0 spiro atoms. The van der Waals surface area contributed by atoms with Crippen molar-refractivity contribution in [1.29, 1.82) is 0 Å². The summed E-state index contributed by atoms with van der Waals surface area (Å²) in [4.78, 5) is 28.5. The SMILES string of the molecule is Cc1ccc(F)c(C(=O)Nc2ccc3[nH]c(=O)[nH]c3c2)c1. The molecule has 0 saturated heterocycles. The number of carbonyl (C=O) groups is 1. The minimum Gasteiger partial charge on any atom is -0.322 e. The van der Waals surface area contributed by atoms with Gasteiger partial charge in [0.1, 0.15) is 5.82 Å². The van der Waals surface area contributed by atoms with Crippen LogP contribution in [0.3, 0.4) is 0 Å². The van der Waals surface area contributed by atoms with Crippen LogP contribution in [0.15, 0.2) is 41.2 Å². The molecule has 3 aromatic rings. The smallest absolute Gasteiger partial charge is 0.322 e. The number of hydrogen-bond donors (Lipinski definition) is 3. The summed E-state index contributed by atoms with van der Waals surface area (Å²) in [6, 6.07) is 9.26. The molecule has 1 amide bonds. The number of aromatic nitrogens is 2. The predicted molar refractivity (Wildman–Crippen MR) is 78.0 cm³/mol. The summed E-state index contributed by atoms with van der Waals surface area (Å²) in [6.45, 7) is 1.78. The van der Waals surface area contributed by atoms with E-state index in [9.17, 15) is 14.0 Å². The lowest BCUT2D eigenvalue weighted by molar-refractivity contribution is 0.102. The van der Waals surface area contributed by atoms with Crippen molar-refractivity contribution in [3.63, 3.8) is 0 Å². The Morgan fingerprint density at radius 1 is 1.10 bits per heavy atom. The van der Waals surface area contributed by atoms with Gasteiger partial charge in [-0.25, -0.2) is 9.18 Å². The average Bonchev–Trinajstić information content (AvgIpc) is 2.80. The molecule has 0 aliphatic carbocycles. The van der Waals surface area contributed by atoms with E-state index in [0.717, 1.165) is 5.56 Å². The maximum atomic E-state index is 13.7. The fourth-order valence-electron chi connectivity index (χ4n) is 2.12. The third-order valence-corrected chi connectivity index (χ3v) is 3.14. The van der Waals surface area contributed by atoms with Crippen LogP contribution in [0.25, 0.3) is 11.0 Å². The van der Waals surface area contributed by atoms with Gasteiger partial charge in [0.25, 0.3) is 5.91 Å². The largest absolute Gasteiger partial charge is 0.323 e. The molecule has 0 radical (unpaired) electrons. The number of rotatable bonds is 2. The molecule has 0 aliphatic rings. The quantitative estimate of drug-likeness (QED) is 0.676. The van der Waals surface area contributed by atoms with Gasteiger partial charge in [0, 0.05) is 5.69 Å². The molecule has 0 unspecified atom stereocenters. The second-order valence-electron chi connectivity index (χ2n) is 4.78. The zero-order valence-electron chi connectivity index (χ0n) is 11.2. The van der Waals surface area contributed by atoms with Gasteiger partial charge in [0.2, 0.25) is 0 Å². The summed E-state index contributed by atoms with van der Waals surface area (Å²) in [6.07, 6.45) is 0. The Hall–Kier alpha value is -2.89. The first-order valence-electron chi connectivity index (χ1n) is 6.32. The Morgan fingerprint density at radius 2 is 1.86 bits per heavy atom. The van der Waals surface area contributed by atoms with E-state index in [1.54, 1.807) is 31.2 Å². The second kappa shape index (κ2) is 4.90. The maximum Gasteiger partial charge on any atom is 0.323 e. The van der Waals surface area contributed by atoms with Crippen molar-refractivity contribution in [2.24, 2.45) is 0 Å². The molecule has 0 atom stereocenters. The lowest BCUT2D eigenvalue weighted by Crippen LogP contribution is -2.13. The molecule has 0 aliphatic heterocycles. The van der Waals surface area contributed by atoms with Crippen LogP contribution in [0.1, 0.15) is 15.9 Å². The summed E-state index contributed by atoms with van der Waals surface area (Å²) < 4.78 is 13.7. The van der Waals surface area contributed by atoms with Crippen molar-refractivity contribution < 1.29 is 9.18 Å². The van der Waals surface area contributed by atoms with Gasteiger partial charge in [-0.05, 0) is 37.3 Å². The predicted octanol–water partition coefficient (Wildman–Crippen LogP) is 2.56. The van der Waals surface area contributed by atoms with Gasteiger partial charge in [-0.2, -0.15) is 0 Å². The molecular formula is C15H12FN3O2. The Balaban J connectivity index is 1.92. The van der Waals surface area contributed by atoms with E-state index < -0.39 is 11.7 Å². The van der Waals surface area contributed by atoms with E-state index in [-0.39, 0.29) is 11.3 Å². The first-order chi connectivity index (χ1) is 10.0. The van der Waals surface area contributed by atoms with Crippen molar-refractivity contribution in [2.45, 2.75) is 6.92 Å². The third kappa shape index (κ3) is 2.55. The second-order valence-corrected chi connectivity index (χ2v) is 4.78. The topological polar surface area (TPSA) is 77.8 Å². The third-order valence-electron chi connectivity index (χ3n) is 3.14. The van der Waals surface area contributed by atoms with Gasteiger partial charge in [-0.15, -0.1) is 0 Å². The van der Waals surface area contributed by atoms with Crippen LogP contribution in [0.4, 0.5) is 10.1 Å². The average molecular weight is 285 g/mol. The van der Waals surface area contributed by atoms with Crippen LogP contribution in [0.2, 0.25) is 0 Å². The number of H-pyrrole nitrogens is 2. The van der Waals surface area contributed by atoms with Crippen LogP contribution < -0.4 is 11.0 Å². The van der Waals surface area contributed by atoms with E-state index in [1.165, 1.54) is 12.1 Å². The Bertz CT molecular complexity index is 895. The number of carbonyl (C=O) groups excluding carboxylic acids is 1. The molecule has 0 saturated carbocycles. The summed E-state index contributed by atoms with van der Waals surface area (Å²) in [5.74, 6) is -1.11. The highest BCUT2D eigenvalue weighted by Gasteiger charge is 2.12. The molecule has 6 heteroatoms. The van der Waals surface area contributed by atoms with E-state index in [4.69, 9.17) is 0 Å². The normalized spacial score (nSPS) is 10.8. The lowest BCUT2D eigenvalue weighted by Gasteiger charge is -2.07. The van der Waals surface area contributed by atoms with Crippen LogP contribution >= 0.6 is 0 Å². The molecule has 1 aromatic heterocycles. The highest BCUT2D eigenvalue weighted by atomic mass is 19.1. The fourth-order valence-corrected chi connectivity index (χ4v) is 2.12. The molecule has 3 N–H and O–H groups in total. The monoisotopic (exact) mass is 285 g/mol. The van der Waals surface area contributed by atoms with Crippen LogP contribution in [0, 0.1) is 12.7 Å². The van der Waals surface area contributed by atoms with Crippen LogP contribution in [-0.2, 0) is 0 Å². The zero-order valence-corrected chi connectivity index (χ0v) is 11.2. The summed E-state index contributed by atoms with van der Waals surface area (Å²) in [5, 5.41) is 2.61. The molecular weight excluding hydrogens is 273 g/mol. The molecule has 1 heterocycles. The van der Waals surface area contributed by atoms with Crippen LogP contribution in [0.5, 0.6) is 0 Å². The van der Waals surface area contributed by atoms with Crippen molar-refractivity contribution in [3.05, 3.63) is 63.8 Å². The van der Waals surface area contributed by atoms with Crippen molar-refractivity contribution >= 4 is 22.6 Å². The fraction of sp³-hybridized carbons (Fsp3) is 0.0667.